The van der Waals surface area contributed by atoms with Gasteiger partial charge in [-0.25, -0.2) is 4.98 Å². The fraction of sp³-hybridized carbons (Fsp3) is 0.278. The van der Waals surface area contributed by atoms with Crippen LogP contribution in [0.3, 0.4) is 0 Å². The monoisotopic (exact) mass is 418 g/mol. The van der Waals surface area contributed by atoms with Gasteiger partial charge in [-0.05, 0) is 46.1 Å². The average molecular weight is 419 g/mol. The minimum atomic E-state index is -0.677. The molecule has 1 aromatic heterocycles. The topological polar surface area (TPSA) is 97.6 Å². The standard InChI is InChI=1S/C18H19BrN4O3/c1-10(2)16-18(25)23(17-13(26-16)7-8-14(20)22-17)9-15(24)21-12-6-4-3-5-11(12)19/h3-8,10,16H,9H2,1-2H3,(H2,20,22)(H,21,24). The number of carbonyl (C=O) groups is 2. The highest BCUT2D eigenvalue weighted by molar-refractivity contribution is 9.10. The fourth-order valence-electron chi connectivity index (χ4n) is 2.65. The van der Waals surface area contributed by atoms with Crippen LogP contribution in [0.15, 0.2) is 40.9 Å². The Balaban J connectivity index is 1.87. The highest BCUT2D eigenvalue weighted by Crippen LogP contribution is 2.34. The zero-order chi connectivity index (χ0) is 18.8. The number of aromatic nitrogens is 1. The third-order valence-electron chi connectivity index (χ3n) is 3.94. The summed E-state index contributed by atoms with van der Waals surface area (Å²) in [5.41, 5.74) is 6.37. The average Bonchev–Trinajstić information content (AvgIpc) is 2.59. The first kappa shape index (κ1) is 18.2. The maximum absolute atomic E-state index is 12.8. The summed E-state index contributed by atoms with van der Waals surface area (Å²) in [4.78, 5) is 30.9. The first-order chi connectivity index (χ1) is 12.4. The van der Waals surface area contributed by atoms with Crippen molar-refractivity contribution in [2.75, 3.05) is 22.5 Å². The van der Waals surface area contributed by atoms with Crippen LogP contribution in [0.5, 0.6) is 5.75 Å². The van der Waals surface area contributed by atoms with E-state index in [0.717, 1.165) is 4.47 Å². The van der Waals surface area contributed by atoms with Crippen molar-refractivity contribution in [3.05, 3.63) is 40.9 Å². The molecule has 8 heteroatoms. The smallest absolute Gasteiger partial charge is 0.270 e. The molecule has 1 atom stereocenters. The maximum Gasteiger partial charge on any atom is 0.270 e. The van der Waals surface area contributed by atoms with E-state index in [2.05, 4.69) is 26.2 Å². The van der Waals surface area contributed by atoms with Crippen molar-refractivity contribution >= 4 is 45.1 Å². The van der Waals surface area contributed by atoms with Gasteiger partial charge in [-0.15, -0.1) is 0 Å². The molecule has 26 heavy (non-hydrogen) atoms. The number of nitrogens with one attached hydrogen (secondary N) is 1. The van der Waals surface area contributed by atoms with E-state index in [1.165, 1.54) is 4.90 Å². The minimum absolute atomic E-state index is 0.0537. The number of carbonyl (C=O) groups excluding carboxylic acids is 2. The molecule has 0 saturated heterocycles. The lowest BCUT2D eigenvalue weighted by Crippen LogP contribution is -2.51. The van der Waals surface area contributed by atoms with Crippen molar-refractivity contribution in [3.63, 3.8) is 0 Å². The minimum Gasteiger partial charge on any atom is -0.476 e. The number of nitrogens with zero attached hydrogens (tertiary/aromatic N) is 2. The largest absolute Gasteiger partial charge is 0.476 e. The second-order valence-electron chi connectivity index (χ2n) is 6.29. The van der Waals surface area contributed by atoms with Crippen molar-refractivity contribution < 1.29 is 14.3 Å². The first-order valence-corrected chi connectivity index (χ1v) is 8.95. The number of hydrogen-bond acceptors (Lipinski definition) is 5. The van der Waals surface area contributed by atoms with E-state index in [1.807, 2.05) is 32.0 Å². The Morgan fingerprint density at radius 1 is 1.35 bits per heavy atom. The number of pyridine rings is 1. The molecule has 0 radical (unpaired) electrons. The molecule has 3 rings (SSSR count). The van der Waals surface area contributed by atoms with Gasteiger partial charge in [0.1, 0.15) is 12.4 Å². The molecule has 0 fully saturated rings. The third kappa shape index (κ3) is 3.65. The van der Waals surface area contributed by atoms with Crippen LogP contribution in [-0.2, 0) is 9.59 Å². The molecule has 1 aliphatic rings. The number of para-hydroxylation sites is 1. The van der Waals surface area contributed by atoms with Gasteiger partial charge >= 0.3 is 0 Å². The molecule has 1 aromatic carbocycles. The van der Waals surface area contributed by atoms with Gasteiger partial charge in [0.15, 0.2) is 17.7 Å². The zero-order valence-corrected chi connectivity index (χ0v) is 16.0. The normalized spacial score (nSPS) is 16.2. The van der Waals surface area contributed by atoms with Gasteiger partial charge in [-0.1, -0.05) is 26.0 Å². The number of halogens is 1. The highest BCUT2D eigenvalue weighted by Gasteiger charge is 2.38. The van der Waals surface area contributed by atoms with Gasteiger partial charge in [-0.2, -0.15) is 0 Å². The molecule has 0 saturated carbocycles. The summed E-state index contributed by atoms with van der Waals surface area (Å²) in [6, 6.07) is 10.5. The number of benzene rings is 1. The number of hydrogen-bond donors (Lipinski definition) is 2. The molecule has 7 nitrogen and oxygen atoms in total. The predicted octanol–water partition coefficient (Wildman–Crippen LogP) is 2.82. The lowest BCUT2D eigenvalue weighted by molar-refractivity contribution is -0.129. The van der Waals surface area contributed by atoms with Gasteiger partial charge in [0.05, 0.1) is 5.69 Å². The zero-order valence-electron chi connectivity index (χ0n) is 14.4. The van der Waals surface area contributed by atoms with E-state index in [0.29, 0.717) is 11.4 Å². The van der Waals surface area contributed by atoms with Gasteiger partial charge in [-0.3, -0.25) is 14.5 Å². The maximum atomic E-state index is 12.8. The molecule has 0 bridgehead atoms. The molecule has 2 heterocycles. The van der Waals surface area contributed by atoms with Crippen LogP contribution in [-0.4, -0.2) is 29.4 Å². The molecule has 2 amide bonds. The van der Waals surface area contributed by atoms with E-state index < -0.39 is 6.10 Å². The lowest BCUT2D eigenvalue weighted by atomic mass is 10.0. The van der Waals surface area contributed by atoms with Crippen molar-refractivity contribution in [1.29, 1.82) is 0 Å². The summed E-state index contributed by atoms with van der Waals surface area (Å²) in [5.74, 6) is 0.236. The second-order valence-corrected chi connectivity index (χ2v) is 7.15. The van der Waals surface area contributed by atoms with Crippen molar-refractivity contribution in [2.24, 2.45) is 5.92 Å². The summed E-state index contributed by atoms with van der Waals surface area (Å²) in [5, 5.41) is 2.79. The molecule has 2 aromatic rings. The van der Waals surface area contributed by atoms with E-state index in [9.17, 15) is 9.59 Å². The second kappa shape index (κ2) is 7.33. The van der Waals surface area contributed by atoms with Crippen molar-refractivity contribution in [2.45, 2.75) is 20.0 Å². The van der Waals surface area contributed by atoms with Crippen LogP contribution >= 0.6 is 15.9 Å². The quantitative estimate of drug-likeness (QED) is 0.795. The van der Waals surface area contributed by atoms with Crippen molar-refractivity contribution in [1.82, 2.24) is 4.98 Å². The fourth-order valence-corrected chi connectivity index (χ4v) is 3.03. The Labute approximate surface area is 159 Å². The molecular weight excluding hydrogens is 400 g/mol. The Kier molecular flexibility index (Phi) is 5.13. The summed E-state index contributed by atoms with van der Waals surface area (Å²) in [7, 11) is 0. The number of ether oxygens (including phenoxy) is 1. The Bertz CT molecular complexity index is 856. The van der Waals surface area contributed by atoms with Crippen LogP contribution in [0.1, 0.15) is 13.8 Å². The number of fused-ring (bicyclic) bond motifs is 1. The Morgan fingerprint density at radius 3 is 2.77 bits per heavy atom. The number of anilines is 3. The predicted molar refractivity (Wildman–Crippen MR) is 103 cm³/mol. The van der Waals surface area contributed by atoms with E-state index in [4.69, 9.17) is 10.5 Å². The number of nitrogen functional groups attached to an aromatic ring is 1. The van der Waals surface area contributed by atoms with E-state index >= 15 is 0 Å². The summed E-state index contributed by atoms with van der Waals surface area (Å²) < 4.78 is 6.52. The molecule has 1 aliphatic heterocycles. The van der Waals surface area contributed by atoms with Gasteiger partial charge in [0.25, 0.3) is 5.91 Å². The van der Waals surface area contributed by atoms with E-state index in [1.54, 1.807) is 18.2 Å². The van der Waals surface area contributed by atoms with Gasteiger partial charge in [0, 0.05) is 4.47 Å². The molecule has 0 spiro atoms. The molecule has 136 valence electrons. The molecule has 1 unspecified atom stereocenters. The molecule has 3 N–H and O–H groups in total. The third-order valence-corrected chi connectivity index (χ3v) is 4.63. The molecule has 0 aliphatic carbocycles. The van der Waals surface area contributed by atoms with E-state index in [-0.39, 0.29) is 35.9 Å². The summed E-state index contributed by atoms with van der Waals surface area (Å²) in [6.45, 7) is 3.59. The Hall–Kier alpha value is -2.61. The van der Waals surface area contributed by atoms with Crippen LogP contribution < -0.4 is 20.7 Å². The summed E-state index contributed by atoms with van der Waals surface area (Å²) >= 11 is 3.38. The van der Waals surface area contributed by atoms with Gasteiger partial charge in [0.2, 0.25) is 5.91 Å². The van der Waals surface area contributed by atoms with Crippen molar-refractivity contribution in [3.8, 4) is 5.75 Å². The highest BCUT2D eigenvalue weighted by atomic mass is 79.9. The van der Waals surface area contributed by atoms with Crippen LogP contribution in [0, 0.1) is 5.92 Å². The first-order valence-electron chi connectivity index (χ1n) is 8.15. The van der Waals surface area contributed by atoms with Gasteiger partial charge < -0.3 is 15.8 Å². The molecular formula is C18H19BrN4O3. The number of nitrogens with two attached hydrogens (primary N) is 1. The van der Waals surface area contributed by atoms with Crippen LogP contribution in [0.2, 0.25) is 0 Å². The van der Waals surface area contributed by atoms with Crippen LogP contribution in [0.4, 0.5) is 17.3 Å². The number of amides is 2. The Morgan fingerprint density at radius 2 is 2.08 bits per heavy atom. The van der Waals surface area contributed by atoms with Crippen LogP contribution in [0.25, 0.3) is 0 Å². The summed E-state index contributed by atoms with van der Waals surface area (Å²) in [6.07, 6.45) is -0.677. The lowest BCUT2D eigenvalue weighted by Gasteiger charge is -2.34. The SMILES string of the molecule is CC(C)C1Oc2ccc(N)nc2N(CC(=O)Nc2ccccc2Br)C1=O. The number of rotatable bonds is 4.